The molecule has 0 radical (unpaired) electrons. The Bertz CT molecular complexity index is 382. The van der Waals surface area contributed by atoms with E-state index in [1.165, 1.54) is 12.1 Å². The second-order valence-corrected chi connectivity index (χ2v) is 5.69. The number of aliphatic hydroxyl groups is 1. The molecular formula is C14H20FNO. The number of hydrogen-bond donors (Lipinski definition) is 2. The SMILES string of the molecule is CC1(C)CC[C@@H]([C@@H](O)c2cccc(F)c2)NC1. The number of aliphatic hydroxyl groups excluding tert-OH is 1. The Labute approximate surface area is 102 Å². The van der Waals surface area contributed by atoms with Gasteiger partial charge in [-0.2, -0.15) is 0 Å². The number of piperidine rings is 1. The van der Waals surface area contributed by atoms with Gasteiger partial charge in [-0.25, -0.2) is 4.39 Å². The van der Waals surface area contributed by atoms with Crippen LogP contribution in [0.2, 0.25) is 0 Å². The van der Waals surface area contributed by atoms with Crippen LogP contribution < -0.4 is 5.32 Å². The van der Waals surface area contributed by atoms with Crippen molar-refractivity contribution in [2.75, 3.05) is 6.54 Å². The van der Waals surface area contributed by atoms with Gasteiger partial charge in [0, 0.05) is 12.6 Å². The van der Waals surface area contributed by atoms with Crippen molar-refractivity contribution in [3.63, 3.8) is 0 Å². The van der Waals surface area contributed by atoms with Gasteiger partial charge < -0.3 is 10.4 Å². The van der Waals surface area contributed by atoms with Crippen molar-refractivity contribution in [3.8, 4) is 0 Å². The molecule has 94 valence electrons. The Morgan fingerprint density at radius 1 is 1.47 bits per heavy atom. The van der Waals surface area contributed by atoms with Crippen molar-refractivity contribution in [2.24, 2.45) is 5.41 Å². The van der Waals surface area contributed by atoms with Gasteiger partial charge in [-0.15, -0.1) is 0 Å². The first-order valence-electron chi connectivity index (χ1n) is 6.15. The van der Waals surface area contributed by atoms with Crippen LogP contribution in [-0.2, 0) is 0 Å². The third-order valence-electron chi connectivity index (χ3n) is 3.55. The van der Waals surface area contributed by atoms with Crippen LogP contribution in [0.15, 0.2) is 24.3 Å². The molecule has 2 rings (SSSR count). The topological polar surface area (TPSA) is 32.3 Å². The van der Waals surface area contributed by atoms with E-state index in [1.54, 1.807) is 12.1 Å². The highest BCUT2D eigenvalue weighted by Crippen LogP contribution is 2.31. The van der Waals surface area contributed by atoms with Crippen LogP contribution in [0.5, 0.6) is 0 Å². The third kappa shape index (κ3) is 3.05. The summed E-state index contributed by atoms with van der Waals surface area (Å²) in [5, 5.41) is 13.6. The van der Waals surface area contributed by atoms with Crippen LogP contribution in [0.4, 0.5) is 4.39 Å². The van der Waals surface area contributed by atoms with E-state index >= 15 is 0 Å². The van der Waals surface area contributed by atoms with Crippen molar-refractivity contribution >= 4 is 0 Å². The summed E-state index contributed by atoms with van der Waals surface area (Å²) in [5.41, 5.74) is 0.945. The lowest BCUT2D eigenvalue weighted by Gasteiger charge is -2.37. The average Bonchev–Trinajstić information content (AvgIpc) is 2.28. The van der Waals surface area contributed by atoms with Crippen LogP contribution in [-0.4, -0.2) is 17.7 Å². The zero-order valence-corrected chi connectivity index (χ0v) is 10.4. The van der Waals surface area contributed by atoms with E-state index in [9.17, 15) is 9.50 Å². The molecule has 1 aromatic rings. The highest BCUT2D eigenvalue weighted by molar-refractivity contribution is 5.20. The largest absolute Gasteiger partial charge is 0.387 e. The summed E-state index contributed by atoms with van der Waals surface area (Å²) in [5.74, 6) is -0.294. The predicted octanol–water partition coefficient (Wildman–Crippen LogP) is 2.64. The predicted molar refractivity (Wildman–Crippen MR) is 66.2 cm³/mol. The Morgan fingerprint density at radius 2 is 2.24 bits per heavy atom. The number of halogens is 1. The van der Waals surface area contributed by atoms with Gasteiger partial charge in [0.1, 0.15) is 5.82 Å². The van der Waals surface area contributed by atoms with Crippen molar-refractivity contribution < 1.29 is 9.50 Å². The van der Waals surface area contributed by atoms with Crippen LogP contribution in [0.3, 0.4) is 0 Å². The zero-order chi connectivity index (χ0) is 12.5. The molecule has 1 saturated heterocycles. The van der Waals surface area contributed by atoms with Crippen LogP contribution in [0, 0.1) is 11.2 Å². The summed E-state index contributed by atoms with van der Waals surface area (Å²) in [4.78, 5) is 0. The normalized spacial score (nSPS) is 25.5. The lowest BCUT2D eigenvalue weighted by atomic mass is 9.80. The molecule has 1 aromatic carbocycles. The molecule has 0 spiro atoms. The first kappa shape index (κ1) is 12.5. The van der Waals surface area contributed by atoms with E-state index in [2.05, 4.69) is 19.2 Å². The second-order valence-electron chi connectivity index (χ2n) is 5.69. The summed E-state index contributed by atoms with van der Waals surface area (Å²) in [6.07, 6.45) is 1.38. The number of hydrogen-bond acceptors (Lipinski definition) is 2. The fraction of sp³-hybridized carbons (Fsp3) is 0.571. The van der Waals surface area contributed by atoms with E-state index in [-0.39, 0.29) is 17.3 Å². The van der Waals surface area contributed by atoms with E-state index < -0.39 is 6.10 Å². The Balaban J connectivity index is 2.04. The van der Waals surface area contributed by atoms with Crippen molar-refractivity contribution in [1.82, 2.24) is 5.32 Å². The van der Waals surface area contributed by atoms with Gasteiger partial charge >= 0.3 is 0 Å². The van der Waals surface area contributed by atoms with E-state index in [4.69, 9.17) is 0 Å². The van der Waals surface area contributed by atoms with Gasteiger partial charge in [-0.05, 0) is 36.0 Å². The summed E-state index contributed by atoms with van der Waals surface area (Å²) in [7, 11) is 0. The van der Waals surface area contributed by atoms with Crippen molar-refractivity contribution in [2.45, 2.75) is 38.8 Å². The first-order chi connectivity index (χ1) is 7.98. The summed E-state index contributed by atoms with van der Waals surface area (Å²) < 4.78 is 13.1. The molecule has 2 atom stereocenters. The fourth-order valence-corrected chi connectivity index (χ4v) is 2.34. The maximum absolute atomic E-state index is 13.1. The van der Waals surface area contributed by atoms with E-state index in [0.717, 1.165) is 19.4 Å². The monoisotopic (exact) mass is 237 g/mol. The minimum absolute atomic E-state index is 0.0322. The summed E-state index contributed by atoms with van der Waals surface area (Å²) in [6, 6.07) is 6.25. The van der Waals surface area contributed by atoms with Gasteiger partial charge in [0.15, 0.2) is 0 Å². The van der Waals surface area contributed by atoms with Crippen molar-refractivity contribution in [1.29, 1.82) is 0 Å². The van der Waals surface area contributed by atoms with E-state index in [0.29, 0.717) is 5.56 Å². The number of benzene rings is 1. The summed E-state index contributed by atoms with van der Waals surface area (Å²) in [6.45, 7) is 5.32. The highest BCUT2D eigenvalue weighted by Gasteiger charge is 2.30. The lowest BCUT2D eigenvalue weighted by Crippen LogP contribution is -2.46. The molecule has 2 nitrogen and oxygen atoms in total. The Kier molecular flexibility index (Phi) is 3.50. The van der Waals surface area contributed by atoms with Gasteiger partial charge in [-0.1, -0.05) is 26.0 Å². The molecule has 0 saturated carbocycles. The zero-order valence-electron chi connectivity index (χ0n) is 10.4. The van der Waals surface area contributed by atoms with E-state index in [1.807, 2.05) is 0 Å². The standard InChI is InChI=1S/C14H20FNO/c1-14(2)7-6-12(16-9-14)13(17)10-4-3-5-11(15)8-10/h3-5,8,12-13,16-17H,6-7,9H2,1-2H3/t12-,13-/m0/s1. The third-order valence-corrected chi connectivity index (χ3v) is 3.55. The van der Waals surface area contributed by atoms with Gasteiger partial charge in [-0.3, -0.25) is 0 Å². The minimum atomic E-state index is -0.623. The molecule has 0 bridgehead atoms. The van der Waals surface area contributed by atoms with Gasteiger partial charge in [0.25, 0.3) is 0 Å². The molecule has 0 amide bonds. The molecule has 2 N–H and O–H groups in total. The highest BCUT2D eigenvalue weighted by atomic mass is 19.1. The number of nitrogens with one attached hydrogen (secondary N) is 1. The fourth-order valence-electron chi connectivity index (χ4n) is 2.34. The molecule has 1 fully saturated rings. The molecule has 17 heavy (non-hydrogen) atoms. The minimum Gasteiger partial charge on any atom is -0.387 e. The molecular weight excluding hydrogens is 217 g/mol. The second kappa shape index (κ2) is 4.75. The Morgan fingerprint density at radius 3 is 2.82 bits per heavy atom. The molecule has 0 unspecified atom stereocenters. The quantitative estimate of drug-likeness (QED) is 0.828. The summed E-state index contributed by atoms with van der Waals surface area (Å²) >= 11 is 0. The van der Waals surface area contributed by atoms with Crippen LogP contribution in [0.25, 0.3) is 0 Å². The van der Waals surface area contributed by atoms with Gasteiger partial charge in [0.05, 0.1) is 6.10 Å². The van der Waals surface area contributed by atoms with Crippen LogP contribution in [0.1, 0.15) is 38.4 Å². The molecule has 1 aliphatic heterocycles. The molecule has 0 aromatic heterocycles. The number of rotatable bonds is 2. The van der Waals surface area contributed by atoms with Gasteiger partial charge in [0.2, 0.25) is 0 Å². The average molecular weight is 237 g/mol. The maximum atomic E-state index is 13.1. The molecule has 1 aliphatic rings. The first-order valence-corrected chi connectivity index (χ1v) is 6.15. The Hall–Kier alpha value is -0.930. The smallest absolute Gasteiger partial charge is 0.123 e. The lowest BCUT2D eigenvalue weighted by molar-refractivity contribution is 0.0867. The van der Waals surface area contributed by atoms with Crippen LogP contribution >= 0.6 is 0 Å². The molecule has 1 heterocycles. The molecule has 0 aliphatic carbocycles. The van der Waals surface area contributed by atoms with Crippen molar-refractivity contribution in [3.05, 3.63) is 35.6 Å². The molecule has 3 heteroatoms. The maximum Gasteiger partial charge on any atom is 0.123 e.